The molecule has 4 N–H and O–H groups in total. The number of hydrogen-bond donors (Lipinski definition) is 3. The molecule has 1 amide bonds. The molecule has 0 unspecified atom stereocenters. The van der Waals surface area contributed by atoms with Gasteiger partial charge in [-0.15, -0.1) is 0 Å². The number of nitrogens with two attached hydrogens (primary N) is 1. The molecule has 0 saturated carbocycles. The van der Waals surface area contributed by atoms with Crippen LogP contribution in [0.4, 0.5) is 23.0 Å². The molecule has 33 heavy (non-hydrogen) atoms. The number of benzene rings is 2. The molecule has 0 saturated heterocycles. The molecule has 8 heteroatoms. The maximum atomic E-state index is 12.5. The SMILES string of the molecule is Cc1nc(N)cc(-c2c(Nc3ccc(C(=O)Nc4ccccc4)cc3)nc3ccccn23)n1. The van der Waals surface area contributed by atoms with E-state index in [9.17, 15) is 4.79 Å². The maximum Gasteiger partial charge on any atom is 0.255 e. The third-order valence-corrected chi connectivity index (χ3v) is 5.07. The summed E-state index contributed by atoms with van der Waals surface area (Å²) in [6, 6.07) is 24.1. The molecule has 0 atom stereocenters. The summed E-state index contributed by atoms with van der Waals surface area (Å²) in [4.78, 5) is 26.0. The first-order valence-electron chi connectivity index (χ1n) is 10.4. The summed E-state index contributed by atoms with van der Waals surface area (Å²) in [5.41, 5.74) is 10.3. The van der Waals surface area contributed by atoms with Crippen LogP contribution in [0.25, 0.3) is 17.0 Å². The molecule has 5 aromatic rings. The van der Waals surface area contributed by atoms with Crippen molar-refractivity contribution in [2.75, 3.05) is 16.4 Å². The van der Waals surface area contributed by atoms with Crippen molar-refractivity contribution >= 4 is 34.6 Å². The Bertz CT molecular complexity index is 1420. The molecule has 0 aliphatic carbocycles. The lowest BCUT2D eigenvalue weighted by Crippen LogP contribution is -2.11. The van der Waals surface area contributed by atoms with E-state index in [0.29, 0.717) is 28.7 Å². The van der Waals surface area contributed by atoms with Crippen LogP contribution in [0.5, 0.6) is 0 Å². The van der Waals surface area contributed by atoms with Gasteiger partial charge in [-0.1, -0.05) is 24.3 Å². The Labute approximate surface area is 190 Å². The van der Waals surface area contributed by atoms with Gasteiger partial charge in [0, 0.05) is 29.2 Å². The molecule has 3 heterocycles. The molecule has 2 aromatic carbocycles. The van der Waals surface area contributed by atoms with Gasteiger partial charge >= 0.3 is 0 Å². The van der Waals surface area contributed by atoms with Gasteiger partial charge in [-0.2, -0.15) is 0 Å². The van der Waals surface area contributed by atoms with E-state index < -0.39 is 0 Å². The van der Waals surface area contributed by atoms with Crippen molar-refractivity contribution in [1.82, 2.24) is 19.4 Å². The largest absolute Gasteiger partial charge is 0.384 e. The Balaban J connectivity index is 1.45. The zero-order valence-corrected chi connectivity index (χ0v) is 17.9. The molecule has 0 aliphatic heterocycles. The summed E-state index contributed by atoms with van der Waals surface area (Å²) >= 11 is 0. The number of fused-ring (bicyclic) bond motifs is 1. The van der Waals surface area contributed by atoms with Crippen LogP contribution in [0.2, 0.25) is 0 Å². The quantitative estimate of drug-likeness (QED) is 0.370. The lowest BCUT2D eigenvalue weighted by Gasteiger charge is -2.09. The van der Waals surface area contributed by atoms with E-state index >= 15 is 0 Å². The molecule has 0 bridgehead atoms. The molecular formula is C25H21N7O. The van der Waals surface area contributed by atoms with Crippen LogP contribution < -0.4 is 16.4 Å². The van der Waals surface area contributed by atoms with Gasteiger partial charge in [0.1, 0.15) is 23.0 Å². The molecular weight excluding hydrogens is 414 g/mol. The molecule has 5 rings (SSSR count). The van der Waals surface area contributed by atoms with Crippen LogP contribution in [-0.4, -0.2) is 25.3 Å². The Morgan fingerprint density at radius 1 is 0.879 bits per heavy atom. The van der Waals surface area contributed by atoms with Crippen LogP contribution >= 0.6 is 0 Å². The van der Waals surface area contributed by atoms with E-state index in [-0.39, 0.29) is 5.91 Å². The monoisotopic (exact) mass is 435 g/mol. The van der Waals surface area contributed by atoms with Crippen molar-refractivity contribution < 1.29 is 4.79 Å². The Kier molecular flexibility index (Phi) is 5.16. The van der Waals surface area contributed by atoms with Crippen LogP contribution in [0.1, 0.15) is 16.2 Å². The first-order valence-corrected chi connectivity index (χ1v) is 10.4. The highest BCUT2D eigenvalue weighted by Crippen LogP contribution is 2.31. The van der Waals surface area contributed by atoms with Gasteiger partial charge in [0.25, 0.3) is 5.91 Å². The number of pyridine rings is 1. The van der Waals surface area contributed by atoms with E-state index in [1.807, 2.05) is 71.3 Å². The fourth-order valence-electron chi connectivity index (χ4n) is 3.61. The highest BCUT2D eigenvalue weighted by Gasteiger charge is 2.17. The number of rotatable bonds is 5. The van der Waals surface area contributed by atoms with Crippen molar-refractivity contribution in [2.45, 2.75) is 6.92 Å². The number of anilines is 4. The van der Waals surface area contributed by atoms with Gasteiger partial charge in [0.05, 0.1) is 5.69 Å². The minimum absolute atomic E-state index is 0.173. The second-order valence-corrected chi connectivity index (χ2v) is 7.49. The molecule has 0 radical (unpaired) electrons. The predicted molar refractivity (Wildman–Crippen MR) is 129 cm³/mol. The number of aryl methyl sites for hydroxylation is 1. The molecule has 8 nitrogen and oxygen atoms in total. The molecule has 0 spiro atoms. The number of nitrogen functional groups attached to an aromatic ring is 1. The zero-order valence-electron chi connectivity index (χ0n) is 17.9. The molecule has 0 aliphatic rings. The third-order valence-electron chi connectivity index (χ3n) is 5.07. The summed E-state index contributed by atoms with van der Waals surface area (Å²) in [5, 5.41) is 6.24. The van der Waals surface area contributed by atoms with Crippen molar-refractivity contribution in [1.29, 1.82) is 0 Å². The van der Waals surface area contributed by atoms with Crippen molar-refractivity contribution in [2.24, 2.45) is 0 Å². The van der Waals surface area contributed by atoms with E-state index in [1.165, 1.54) is 0 Å². The number of aromatic nitrogens is 4. The Morgan fingerprint density at radius 3 is 2.39 bits per heavy atom. The number of amides is 1. The van der Waals surface area contributed by atoms with E-state index in [2.05, 4.69) is 20.6 Å². The van der Waals surface area contributed by atoms with Gasteiger partial charge in [0.15, 0.2) is 5.82 Å². The molecule has 0 fully saturated rings. The summed E-state index contributed by atoms with van der Waals surface area (Å²) in [6.07, 6.45) is 1.92. The second-order valence-electron chi connectivity index (χ2n) is 7.49. The van der Waals surface area contributed by atoms with E-state index in [0.717, 1.165) is 22.7 Å². The number of hydrogen-bond acceptors (Lipinski definition) is 6. The normalized spacial score (nSPS) is 10.8. The molecule has 3 aromatic heterocycles. The number of nitrogens with one attached hydrogen (secondary N) is 2. The standard InChI is InChI=1S/C25H21N7O/c1-16-27-20(15-21(26)28-16)23-24(31-22-9-5-6-14-32(22)23)29-19-12-10-17(11-13-19)25(33)30-18-7-3-2-4-8-18/h2-15,29H,1H3,(H,30,33)(H2,26,27,28). The number of carbonyl (C=O) groups excluding carboxylic acids is 1. The maximum absolute atomic E-state index is 12.5. The average Bonchev–Trinajstić information content (AvgIpc) is 3.17. The summed E-state index contributed by atoms with van der Waals surface area (Å²) in [5.74, 6) is 1.42. The van der Waals surface area contributed by atoms with E-state index in [1.54, 1.807) is 25.1 Å². The van der Waals surface area contributed by atoms with Crippen molar-refractivity contribution in [3.63, 3.8) is 0 Å². The van der Waals surface area contributed by atoms with Gasteiger partial charge in [-0.3, -0.25) is 9.20 Å². The summed E-state index contributed by atoms with van der Waals surface area (Å²) in [7, 11) is 0. The number of carbonyl (C=O) groups is 1. The van der Waals surface area contributed by atoms with Gasteiger partial charge in [0.2, 0.25) is 0 Å². The van der Waals surface area contributed by atoms with Crippen LogP contribution in [0.3, 0.4) is 0 Å². The lowest BCUT2D eigenvalue weighted by molar-refractivity contribution is 0.102. The fourth-order valence-corrected chi connectivity index (χ4v) is 3.61. The smallest absolute Gasteiger partial charge is 0.255 e. The van der Waals surface area contributed by atoms with Crippen LogP contribution in [0.15, 0.2) is 85.1 Å². The minimum Gasteiger partial charge on any atom is -0.384 e. The van der Waals surface area contributed by atoms with Gasteiger partial charge in [-0.25, -0.2) is 15.0 Å². The Morgan fingerprint density at radius 2 is 1.64 bits per heavy atom. The first kappa shape index (κ1) is 20.2. The number of para-hydroxylation sites is 1. The first-order chi connectivity index (χ1) is 16.1. The van der Waals surface area contributed by atoms with Crippen molar-refractivity contribution in [3.8, 4) is 11.4 Å². The van der Waals surface area contributed by atoms with Gasteiger partial charge < -0.3 is 16.4 Å². The second kappa shape index (κ2) is 8.43. The average molecular weight is 435 g/mol. The number of nitrogens with zero attached hydrogens (tertiary/aromatic N) is 4. The summed E-state index contributed by atoms with van der Waals surface area (Å²) in [6.45, 7) is 1.80. The number of imidazole rings is 1. The predicted octanol–water partition coefficient (Wildman–Crippen LogP) is 4.68. The van der Waals surface area contributed by atoms with Crippen LogP contribution in [-0.2, 0) is 0 Å². The third kappa shape index (κ3) is 4.22. The van der Waals surface area contributed by atoms with Crippen molar-refractivity contribution in [3.05, 3.63) is 96.4 Å². The lowest BCUT2D eigenvalue weighted by atomic mass is 10.2. The highest BCUT2D eigenvalue weighted by molar-refractivity contribution is 6.04. The highest BCUT2D eigenvalue weighted by atomic mass is 16.1. The zero-order chi connectivity index (χ0) is 22.8. The summed E-state index contributed by atoms with van der Waals surface area (Å²) < 4.78 is 1.95. The van der Waals surface area contributed by atoms with Gasteiger partial charge in [-0.05, 0) is 55.5 Å². The van der Waals surface area contributed by atoms with E-state index in [4.69, 9.17) is 10.7 Å². The minimum atomic E-state index is -0.173. The Hall–Kier alpha value is -4.72. The fraction of sp³-hybridized carbons (Fsp3) is 0.0400. The topological polar surface area (TPSA) is 110 Å². The molecule has 162 valence electrons. The van der Waals surface area contributed by atoms with Crippen LogP contribution in [0, 0.1) is 6.92 Å².